The van der Waals surface area contributed by atoms with Gasteiger partial charge in [0, 0.05) is 31.0 Å². The summed E-state index contributed by atoms with van der Waals surface area (Å²) in [7, 11) is 0. The SMILES string of the molecule is CCCCOC(=O)N1CCC(n2cc(-c3ccc4c(c3)n(CC)c(CN(C=O)c3nc5cc[nH]c5nc3N)[n+]4CC)cn2)CC1. The summed E-state index contributed by atoms with van der Waals surface area (Å²) in [5.41, 5.74) is 11.7. The molecule has 0 bridgehead atoms. The van der Waals surface area contributed by atoms with Crippen molar-refractivity contribution in [1.29, 1.82) is 0 Å². The summed E-state index contributed by atoms with van der Waals surface area (Å²) >= 11 is 0. The van der Waals surface area contributed by atoms with Crippen LogP contribution in [0.25, 0.3) is 33.3 Å². The number of imidazole rings is 1. The number of amides is 2. The number of aromatic amines is 1. The molecule has 5 aromatic rings. The van der Waals surface area contributed by atoms with Crippen LogP contribution in [0.15, 0.2) is 42.9 Å². The van der Waals surface area contributed by atoms with E-state index in [0.717, 1.165) is 66.6 Å². The van der Waals surface area contributed by atoms with Crippen LogP contribution >= 0.6 is 0 Å². The molecule has 0 radical (unpaired) electrons. The number of piperidine rings is 1. The van der Waals surface area contributed by atoms with Crippen molar-refractivity contribution in [3.63, 3.8) is 0 Å². The lowest BCUT2D eigenvalue weighted by Crippen LogP contribution is -2.40. The quantitative estimate of drug-likeness (QED) is 0.127. The highest BCUT2D eigenvalue weighted by Crippen LogP contribution is 2.29. The molecule has 0 spiro atoms. The number of carbonyl (C=O) groups is 2. The van der Waals surface area contributed by atoms with Gasteiger partial charge in [-0.3, -0.25) is 14.4 Å². The van der Waals surface area contributed by atoms with Crippen LogP contribution in [0.1, 0.15) is 58.3 Å². The number of benzene rings is 1. The predicted octanol–water partition coefficient (Wildman–Crippen LogP) is 4.42. The largest absolute Gasteiger partial charge is 0.449 e. The van der Waals surface area contributed by atoms with Crippen molar-refractivity contribution < 1.29 is 18.9 Å². The number of nitrogens with zero attached hydrogens (tertiary/aromatic N) is 8. The zero-order valence-corrected chi connectivity index (χ0v) is 26.1. The number of nitrogens with two attached hydrogens (primary N) is 1. The number of nitrogens with one attached hydrogen (secondary N) is 1. The Morgan fingerprint density at radius 1 is 1.18 bits per heavy atom. The molecule has 236 valence electrons. The Kier molecular flexibility index (Phi) is 8.67. The minimum atomic E-state index is -0.214. The lowest BCUT2D eigenvalue weighted by molar-refractivity contribution is -0.676. The van der Waals surface area contributed by atoms with Gasteiger partial charge in [-0.05, 0) is 62.9 Å². The fraction of sp³-hybridized carbons (Fsp3) is 0.438. The Morgan fingerprint density at radius 3 is 2.73 bits per heavy atom. The highest BCUT2D eigenvalue weighted by Gasteiger charge is 2.28. The second-order valence-electron chi connectivity index (χ2n) is 11.4. The molecule has 2 amide bonds. The molecule has 1 aromatic carbocycles. The van der Waals surface area contributed by atoms with Gasteiger partial charge in [-0.1, -0.05) is 13.3 Å². The number of carbonyl (C=O) groups excluding carboxylic acids is 2. The first-order valence-corrected chi connectivity index (χ1v) is 15.8. The summed E-state index contributed by atoms with van der Waals surface area (Å²) in [6, 6.07) is 8.48. The fourth-order valence-corrected chi connectivity index (χ4v) is 6.24. The van der Waals surface area contributed by atoms with Crippen molar-refractivity contribution in [3.05, 3.63) is 48.7 Å². The molecule has 3 N–H and O–H groups in total. The predicted molar refractivity (Wildman–Crippen MR) is 171 cm³/mol. The molecule has 1 saturated heterocycles. The van der Waals surface area contributed by atoms with Crippen molar-refractivity contribution in [1.82, 2.24) is 34.2 Å². The number of likely N-dealkylation sites (tertiary alicyclic amines) is 1. The average molecular weight is 614 g/mol. The molecule has 5 heterocycles. The number of hydrogen-bond donors (Lipinski definition) is 2. The molecule has 4 aromatic heterocycles. The van der Waals surface area contributed by atoms with E-state index in [2.05, 4.69) is 69.3 Å². The number of aromatic nitrogens is 7. The first-order chi connectivity index (χ1) is 21.9. The number of unbranched alkanes of at least 4 members (excludes halogenated alkanes) is 1. The third kappa shape index (κ3) is 5.81. The molecule has 1 aliphatic heterocycles. The van der Waals surface area contributed by atoms with Gasteiger partial charge in [-0.2, -0.15) is 5.10 Å². The Hall–Kier alpha value is -4.94. The number of H-pyrrole nitrogens is 1. The molecule has 1 fully saturated rings. The Balaban J connectivity index is 1.24. The first-order valence-electron chi connectivity index (χ1n) is 15.8. The van der Waals surface area contributed by atoms with Crippen molar-refractivity contribution in [3.8, 4) is 11.1 Å². The summed E-state index contributed by atoms with van der Waals surface area (Å²) in [4.78, 5) is 40.1. The number of hydrogen-bond acceptors (Lipinski definition) is 7. The van der Waals surface area contributed by atoms with Crippen molar-refractivity contribution in [2.24, 2.45) is 0 Å². The van der Waals surface area contributed by atoms with Gasteiger partial charge in [0.25, 0.3) is 5.82 Å². The van der Waals surface area contributed by atoms with Crippen molar-refractivity contribution in [2.75, 3.05) is 30.3 Å². The molecule has 0 atom stereocenters. The average Bonchev–Trinajstić information content (AvgIpc) is 3.80. The van der Waals surface area contributed by atoms with Crippen LogP contribution in [-0.4, -0.2) is 66.4 Å². The van der Waals surface area contributed by atoms with Gasteiger partial charge in [0.05, 0.1) is 31.9 Å². The van der Waals surface area contributed by atoms with E-state index in [1.54, 1.807) is 11.1 Å². The van der Waals surface area contributed by atoms with E-state index in [-0.39, 0.29) is 24.5 Å². The second-order valence-corrected chi connectivity index (χ2v) is 11.4. The topological polar surface area (TPSA) is 144 Å². The maximum atomic E-state index is 12.4. The maximum absolute atomic E-state index is 12.4. The molecular weight excluding hydrogens is 572 g/mol. The van der Waals surface area contributed by atoms with E-state index in [0.29, 0.717) is 43.2 Å². The number of nitrogen functional groups attached to an aromatic ring is 1. The van der Waals surface area contributed by atoms with E-state index >= 15 is 0 Å². The fourth-order valence-electron chi connectivity index (χ4n) is 6.24. The van der Waals surface area contributed by atoms with Gasteiger partial charge in [0.2, 0.25) is 6.41 Å². The van der Waals surface area contributed by atoms with Gasteiger partial charge in [0.1, 0.15) is 12.1 Å². The van der Waals surface area contributed by atoms with Gasteiger partial charge >= 0.3 is 6.09 Å². The molecule has 1 aliphatic rings. The van der Waals surface area contributed by atoms with Crippen LogP contribution in [0.4, 0.5) is 16.4 Å². The highest BCUT2D eigenvalue weighted by atomic mass is 16.6. The smallest absolute Gasteiger partial charge is 0.409 e. The first kappa shape index (κ1) is 30.1. The maximum Gasteiger partial charge on any atom is 0.409 e. The van der Waals surface area contributed by atoms with Crippen LogP contribution in [0, 0.1) is 0 Å². The van der Waals surface area contributed by atoms with Gasteiger partial charge in [0.15, 0.2) is 28.3 Å². The van der Waals surface area contributed by atoms with E-state index in [4.69, 9.17) is 15.6 Å². The zero-order chi connectivity index (χ0) is 31.5. The van der Waals surface area contributed by atoms with E-state index in [1.807, 2.05) is 16.9 Å². The molecule has 0 aliphatic carbocycles. The van der Waals surface area contributed by atoms with Crippen LogP contribution in [-0.2, 0) is 29.2 Å². The zero-order valence-electron chi connectivity index (χ0n) is 26.1. The summed E-state index contributed by atoms with van der Waals surface area (Å²) in [6.07, 6.45) is 9.86. The molecular formula is C32H41N10O3+. The Bertz CT molecular complexity index is 1810. The monoisotopic (exact) mass is 613 g/mol. The number of fused-ring (bicyclic) bond motifs is 2. The number of ether oxygens (including phenoxy) is 1. The Labute approximate surface area is 261 Å². The molecule has 13 nitrogen and oxygen atoms in total. The summed E-state index contributed by atoms with van der Waals surface area (Å²) < 4.78 is 11.9. The number of aryl methyl sites for hydroxylation is 2. The third-order valence-corrected chi connectivity index (χ3v) is 8.67. The normalized spacial score (nSPS) is 14.0. The van der Waals surface area contributed by atoms with Crippen LogP contribution < -0.4 is 15.2 Å². The summed E-state index contributed by atoms with van der Waals surface area (Å²) in [6.45, 7) is 9.81. The Morgan fingerprint density at radius 2 is 2.00 bits per heavy atom. The molecule has 0 saturated carbocycles. The molecule has 6 rings (SSSR count). The third-order valence-electron chi connectivity index (χ3n) is 8.67. The molecule has 0 unspecified atom stereocenters. The number of rotatable bonds is 11. The summed E-state index contributed by atoms with van der Waals surface area (Å²) in [5, 5.41) is 4.72. The van der Waals surface area contributed by atoms with Crippen molar-refractivity contribution >= 4 is 46.3 Å². The number of anilines is 2. The second kappa shape index (κ2) is 13.0. The van der Waals surface area contributed by atoms with Crippen molar-refractivity contribution in [2.45, 2.75) is 72.1 Å². The van der Waals surface area contributed by atoms with Crippen LogP contribution in [0.3, 0.4) is 0 Å². The van der Waals surface area contributed by atoms with E-state index in [9.17, 15) is 9.59 Å². The minimum absolute atomic E-state index is 0.191. The highest BCUT2D eigenvalue weighted by molar-refractivity contribution is 5.84. The standard InChI is InChI=1S/C32H41N10O3/c1-4-7-16-45-32(44)38-14-11-24(12-15-38)42-19-23(18-35-42)22-8-9-26-27(17-22)41(6-3)28(40(26)5-2)20-39(21-43)31-29(33)37-30-25(36-31)10-13-34-30/h8-10,13,17-19,21,24H,4-7,11-12,14-16,20H2,1-3H3,(H3,33,34,37)/q+1. The summed E-state index contributed by atoms with van der Waals surface area (Å²) in [5.74, 6) is 1.49. The van der Waals surface area contributed by atoms with E-state index in [1.165, 1.54) is 4.90 Å². The van der Waals surface area contributed by atoms with Crippen LogP contribution in [0.2, 0.25) is 0 Å². The minimum Gasteiger partial charge on any atom is -0.449 e. The molecule has 45 heavy (non-hydrogen) atoms. The lowest BCUT2D eigenvalue weighted by atomic mass is 10.1. The van der Waals surface area contributed by atoms with E-state index < -0.39 is 0 Å². The van der Waals surface area contributed by atoms with Gasteiger partial charge in [-0.25, -0.2) is 23.9 Å². The van der Waals surface area contributed by atoms with Crippen LogP contribution in [0.5, 0.6) is 0 Å². The van der Waals surface area contributed by atoms with Gasteiger partial charge in [-0.15, -0.1) is 0 Å². The van der Waals surface area contributed by atoms with Gasteiger partial charge < -0.3 is 20.4 Å². The molecule has 13 heteroatoms. The lowest BCUT2D eigenvalue weighted by Gasteiger charge is -2.31.